The van der Waals surface area contributed by atoms with Crippen LogP contribution in [0.4, 0.5) is 0 Å². The van der Waals surface area contributed by atoms with Crippen LogP contribution in [0.15, 0.2) is 30.5 Å². The SMILES string of the molecule is Cc1cc([C@H]2[C@H](c3ccccn3)NC(=S)N2C(C)C)c(C)n1C1CC1. The average Bonchev–Trinajstić information content (AvgIpc) is 3.28. The number of thiocarbonyl (C=S) groups is 1. The maximum absolute atomic E-state index is 5.70. The summed E-state index contributed by atoms with van der Waals surface area (Å²) in [7, 11) is 0. The van der Waals surface area contributed by atoms with Gasteiger partial charge in [0.05, 0.1) is 17.8 Å². The third-order valence-electron chi connectivity index (χ3n) is 5.45. The van der Waals surface area contributed by atoms with Crippen LogP contribution in [-0.4, -0.2) is 25.6 Å². The minimum atomic E-state index is 0.0873. The second-order valence-electron chi connectivity index (χ2n) is 7.56. The summed E-state index contributed by atoms with van der Waals surface area (Å²) in [5.74, 6) is 0. The van der Waals surface area contributed by atoms with E-state index in [2.05, 4.69) is 65.7 Å². The lowest BCUT2D eigenvalue weighted by molar-refractivity contribution is 0.268. The Labute approximate surface area is 155 Å². The molecule has 5 heteroatoms. The van der Waals surface area contributed by atoms with E-state index in [1.165, 1.54) is 29.8 Å². The van der Waals surface area contributed by atoms with Gasteiger partial charge in [0.25, 0.3) is 0 Å². The molecular weight excluding hydrogens is 328 g/mol. The molecule has 0 amide bonds. The van der Waals surface area contributed by atoms with Gasteiger partial charge in [-0.3, -0.25) is 4.98 Å². The average molecular weight is 355 g/mol. The molecule has 1 N–H and O–H groups in total. The van der Waals surface area contributed by atoms with Crippen molar-refractivity contribution in [2.24, 2.45) is 0 Å². The predicted molar refractivity (Wildman–Crippen MR) is 105 cm³/mol. The second-order valence-corrected chi connectivity index (χ2v) is 7.94. The largest absolute Gasteiger partial charge is 0.352 e. The van der Waals surface area contributed by atoms with Gasteiger partial charge >= 0.3 is 0 Å². The maximum Gasteiger partial charge on any atom is 0.170 e. The Morgan fingerprint density at radius 2 is 2.00 bits per heavy atom. The molecule has 0 radical (unpaired) electrons. The molecule has 25 heavy (non-hydrogen) atoms. The van der Waals surface area contributed by atoms with Crippen LogP contribution < -0.4 is 5.32 Å². The minimum absolute atomic E-state index is 0.0873. The van der Waals surface area contributed by atoms with E-state index >= 15 is 0 Å². The summed E-state index contributed by atoms with van der Waals surface area (Å²) in [5.41, 5.74) is 5.16. The van der Waals surface area contributed by atoms with Gasteiger partial charge in [0.15, 0.2) is 5.11 Å². The third-order valence-corrected chi connectivity index (χ3v) is 5.77. The van der Waals surface area contributed by atoms with Crippen LogP contribution in [0, 0.1) is 13.8 Å². The lowest BCUT2D eigenvalue weighted by Gasteiger charge is -2.31. The fourth-order valence-electron chi connectivity index (χ4n) is 4.25. The molecule has 2 aromatic rings. The van der Waals surface area contributed by atoms with E-state index in [1.54, 1.807) is 0 Å². The summed E-state index contributed by atoms with van der Waals surface area (Å²) in [6.07, 6.45) is 4.46. The molecule has 0 spiro atoms. The van der Waals surface area contributed by atoms with Crippen molar-refractivity contribution in [1.29, 1.82) is 0 Å². The van der Waals surface area contributed by atoms with Crippen LogP contribution in [0.2, 0.25) is 0 Å². The van der Waals surface area contributed by atoms with E-state index < -0.39 is 0 Å². The van der Waals surface area contributed by atoms with Crippen LogP contribution in [0.1, 0.15) is 67.5 Å². The van der Waals surface area contributed by atoms with E-state index in [-0.39, 0.29) is 12.1 Å². The number of rotatable bonds is 4. The van der Waals surface area contributed by atoms with Gasteiger partial charge in [-0.15, -0.1) is 0 Å². The Balaban J connectivity index is 1.82. The summed E-state index contributed by atoms with van der Waals surface area (Å²) in [6.45, 7) is 8.91. The summed E-state index contributed by atoms with van der Waals surface area (Å²) in [6, 6.07) is 9.76. The zero-order chi connectivity index (χ0) is 17.7. The smallest absolute Gasteiger partial charge is 0.170 e. The molecule has 1 saturated heterocycles. The molecule has 0 bridgehead atoms. The van der Waals surface area contributed by atoms with Gasteiger partial charge in [-0.05, 0) is 76.5 Å². The van der Waals surface area contributed by atoms with Gasteiger partial charge in [-0.2, -0.15) is 0 Å². The monoisotopic (exact) mass is 354 g/mol. The highest BCUT2D eigenvalue weighted by atomic mass is 32.1. The molecule has 0 unspecified atom stereocenters. The number of aryl methyl sites for hydroxylation is 1. The van der Waals surface area contributed by atoms with Gasteiger partial charge in [0.2, 0.25) is 0 Å². The maximum atomic E-state index is 5.70. The molecule has 2 atom stereocenters. The van der Waals surface area contributed by atoms with Crippen molar-refractivity contribution in [2.75, 3.05) is 0 Å². The number of aromatic nitrogens is 2. The molecule has 2 aliphatic rings. The fraction of sp³-hybridized carbons (Fsp3) is 0.500. The molecule has 1 saturated carbocycles. The van der Waals surface area contributed by atoms with Gasteiger partial charge in [-0.25, -0.2) is 0 Å². The van der Waals surface area contributed by atoms with Crippen LogP contribution in [0.5, 0.6) is 0 Å². The normalized spacial score (nSPS) is 23.4. The Morgan fingerprint density at radius 1 is 1.24 bits per heavy atom. The van der Waals surface area contributed by atoms with E-state index in [4.69, 9.17) is 12.2 Å². The van der Waals surface area contributed by atoms with Gasteiger partial charge in [-0.1, -0.05) is 6.07 Å². The Kier molecular flexibility index (Phi) is 4.07. The summed E-state index contributed by atoms with van der Waals surface area (Å²) >= 11 is 5.70. The first-order chi connectivity index (χ1) is 12.0. The lowest BCUT2D eigenvalue weighted by atomic mass is 9.96. The van der Waals surface area contributed by atoms with E-state index in [1.807, 2.05) is 12.3 Å². The Bertz CT molecular complexity index is 792. The number of hydrogen-bond acceptors (Lipinski definition) is 2. The van der Waals surface area contributed by atoms with Crippen molar-refractivity contribution in [2.45, 2.75) is 64.7 Å². The number of nitrogens with one attached hydrogen (secondary N) is 1. The van der Waals surface area contributed by atoms with E-state index in [0.29, 0.717) is 12.1 Å². The predicted octanol–water partition coefficient (Wildman–Crippen LogP) is 4.22. The summed E-state index contributed by atoms with van der Waals surface area (Å²) < 4.78 is 2.52. The Morgan fingerprint density at radius 3 is 2.60 bits per heavy atom. The highest BCUT2D eigenvalue weighted by Crippen LogP contribution is 2.45. The number of hydrogen-bond donors (Lipinski definition) is 1. The van der Waals surface area contributed by atoms with Crippen molar-refractivity contribution in [3.05, 3.63) is 53.1 Å². The minimum Gasteiger partial charge on any atom is -0.352 e. The molecule has 2 aromatic heterocycles. The number of pyridine rings is 1. The van der Waals surface area contributed by atoms with Crippen molar-refractivity contribution >= 4 is 17.3 Å². The molecule has 1 aliphatic carbocycles. The van der Waals surface area contributed by atoms with Crippen LogP contribution >= 0.6 is 12.2 Å². The van der Waals surface area contributed by atoms with Crippen LogP contribution in [-0.2, 0) is 0 Å². The van der Waals surface area contributed by atoms with Gasteiger partial charge in [0, 0.05) is 29.7 Å². The zero-order valence-electron chi connectivity index (χ0n) is 15.4. The molecule has 3 heterocycles. The first-order valence-electron chi connectivity index (χ1n) is 9.17. The van der Waals surface area contributed by atoms with Gasteiger partial charge < -0.3 is 14.8 Å². The first-order valence-corrected chi connectivity index (χ1v) is 9.58. The second kappa shape index (κ2) is 6.13. The van der Waals surface area contributed by atoms with E-state index in [0.717, 1.165) is 10.8 Å². The Hall–Kier alpha value is -1.88. The fourth-order valence-corrected chi connectivity index (χ4v) is 4.70. The summed E-state index contributed by atoms with van der Waals surface area (Å²) in [4.78, 5) is 6.96. The lowest BCUT2D eigenvalue weighted by Crippen LogP contribution is -2.35. The third kappa shape index (κ3) is 2.74. The molecule has 1 aliphatic heterocycles. The molecular formula is C20H26N4S. The standard InChI is InChI=1S/C20H26N4S/c1-12(2)23-19(16-11-13(3)24(14(16)4)15-8-9-15)18(22-20(23)25)17-7-5-6-10-21-17/h5-7,10-12,15,18-19H,8-9H2,1-4H3,(H,22,25)/t18-,19-/m0/s1. The topological polar surface area (TPSA) is 33.1 Å². The van der Waals surface area contributed by atoms with Crippen molar-refractivity contribution in [1.82, 2.24) is 19.8 Å². The summed E-state index contributed by atoms with van der Waals surface area (Å²) in [5, 5.41) is 4.36. The highest BCUT2D eigenvalue weighted by molar-refractivity contribution is 7.80. The van der Waals surface area contributed by atoms with Crippen molar-refractivity contribution in [3.8, 4) is 0 Å². The van der Waals surface area contributed by atoms with Crippen LogP contribution in [0.25, 0.3) is 0 Å². The highest BCUT2D eigenvalue weighted by Gasteiger charge is 2.43. The molecule has 4 nitrogen and oxygen atoms in total. The van der Waals surface area contributed by atoms with Crippen molar-refractivity contribution < 1.29 is 0 Å². The molecule has 4 rings (SSSR count). The zero-order valence-corrected chi connectivity index (χ0v) is 16.2. The molecule has 0 aromatic carbocycles. The van der Waals surface area contributed by atoms with E-state index in [9.17, 15) is 0 Å². The molecule has 2 fully saturated rings. The van der Waals surface area contributed by atoms with Gasteiger partial charge in [0.1, 0.15) is 0 Å². The first kappa shape index (κ1) is 16.6. The van der Waals surface area contributed by atoms with Crippen LogP contribution in [0.3, 0.4) is 0 Å². The number of nitrogens with zero attached hydrogens (tertiary/aromatic N) is 3. The molecule has 132 valence electrons. The van der Waals surface area contributed by atoms with Crippen molar-refractivity contribution in [3.63, 3.8) is 0 Å². The quantitative estimate of drug-likeness (QED) is 0.834.